The smallest absolute Gasteiger partial charge is 1.00 e. The van der Waals surface area contributed by atoms with Gasteiger partial charge in [0.15, 0.2) is 0 Å². The zero-order valence-corrected chi connectivity index (χ0v) is 34.2. The van der Waals surface area contributed by atoms with E-state index in [-0.39, 0.29) is 66.5 Å². The van der Waals surface area contributed by atoms with Gasteiger partial charge in [0.2, 0.25) is 0 Å². The first kappa shape index (κ1) is 39.2. The van der Waals surface area contributed by atoms with Gasteiger partial charge in [-0.25, -0.2) is 0 Å². The minimum absolute atomic E-state index is 0. The van der Waals surface area contributed by atoms with Gasteiger partial charge in [-0.05, 0) is 47.3 Å². The molecule has 4 aromatic rings. The Hall–Kier alpha value is -0.0299. The van der Waals surface area contributed by atoms with E-state index in [9.17, 15) is 0 Å². The summed E-state index contributed by atoms with van der Waals surface area (Å²) in [5.41, 5.74) is 2.03. The summed E-state index contributed by atoms with van der Waals surface area (Å²) in [6.45, 7) is 14.3. The van der Waals surface area contributed by atoms with Crippen molar-refractivity contribution in [3.63, 3.8) is 0 Å². The Bertz CT molecular complexity index is 1270. The van der Waals surface area contributed by atoms with Crippen LogP contribution in [0.4, 0.5) is 0 Å². The SMILES string of the molecule is CC(C)(C)P(c1cc2ccccc2[cH-]1)C(C)(C)C.[Cl-].[Cl-].[Hf+4].c1ccc2[cH-]c(P(C3CCCCC3)C3CCCCC3)cc2c1. The second kappa shape index (κ2) is 17.2. The van der Waals surface area contributed by atoms with E-state index in [4.69, 9.17) is 0 Å². The van der Waals surface area contributed by atoms with E-state index in [1.807, 2.05) is 0 Å². The molecule has 0 nitrogen and oxygen atoms in total. The van der Waals surface area contributed by atoms with Crippen LogP contribution in [0, 0.1) is 0 Å². The first-order chi connectivity index (χ1) is 19.1. The molecule has 0 amide bonds. The molecule has 0 heterocycles. The van der Waals surface area contributed by atoms with E-state index < -0.39 is 0 Å². The van der Waals surface area contributed by atoms with Gasteiger partial charge in [0.05, 0.1) is 0 Å². The van der Waals surface area contributed by atoms with Gasteiger partial charge in [0, 0.05) is 0 Å². The topological polar surface area (TPSA) is 0 Å². The van der Waals surface area contributed by atoms with Crippen LogP contribution in [0.5, 0.6) is 0 Å². The molecule has 0 spiro atoms. The molecule has 2 aliphatic carbocycles. The van der Waals surface area contributed by atoms with Gasteiger partial charge in [-0.3, -0.25) is 0 Å². The van der Waals surface area contributed by atoms with Crippen LogP contribution in [0.1, 0.15) is 106 Å². The quantitative estimate of drug-likeness (QED) is 0.143. The summed E-state index contributed by atoms with van der Waals surface area (Å²) in [4.78, 5) is 0. The Morgan fingerprint density at radius 1 is 0.558 bits per heavy atom. The molecule has 0 unspecified atom stereocenters. The monoisotopic (exact) mass is 820 g/mol. The molecule has 0 saturated heterocycles. The van der Waals surface area contributed by atoms with Gasteiger partial charge in [0.1, 0.15) is 0 Å². The Balaban J connectivity index is 0.000000286. The number of fused-ring (bicyclic) bond motifs is 2. The molecule has 232 valence electrons. The average molecular weight is 820 g/mol. The summed E-state index contributed by atoms with van der Waals surface area (Å²) >= 11 is 0. The zero-order valence-electron chi connectivity index (χ0n) is 27.3. The molecule has 0 aromatic heterocycles. The van der Waals surface area contributed by atoms with Gasteiger partial charge in [-0.15, -0.1) is 80.7 Å². The minimum atomic E-state index is -0.185. The van der Waals surface area contributed by atoms with Crippen molar-refractivity contribution in [2.75, 3.05) is 0 Å². The second-order valence-corrected chi connectivity index (χ2v) is 21.0. The molecule has 0 atom stereocenters. The second-order valence-electron chi connectivity index (χ2n) is 14.4. The molecule has 4 aromatic carbocycles. The van der Waals surface area contributed by atoms with Crippen LogP contribution >= 0.6 is 15.8 Å². The van der Waals surface area contributed by atoms with E-state index in [1.165, 1.54) is 85.8 Å². The van der Waals surface area contributed by atoms with Crippen molar-refractivity contribution in [3.8, 4) is 0 Å². The van der Waals surface area contributed by atoms with Gasteiger partial charge >= 0.3 is 25.8 Å². The van der Waals surface area contributed by atoms with Gasteiger partial charge in [0.25, 0.3) is 0 Å². The number of hydrogen-bond donors (Lipinski definition) is 0. The third-order valence-corrected chi connectivity index (χ3v) is 16.0. The van der Waals surface area contributed by atoms with E-state index in [1.54, 1.807) is 10.6 Å². The van der Waals surface area contributed by atoms with E-state index in [2.05, 4.69) is 114 Å². The zero-order chi connectivity index (χ0) is 28.3. The fourth-order valence-corrected chi connectivity index (χ4v) is 15.7. The number of rotatable bonds is 4. The summed E-state index contributed by atoms with van der Waals surface area (Å²) in [5.74, 6) is 0. The fraction of sp³-hybridized carbons (Fsp3) is 0.526. The standard InChI is InChI=1S/C21H28P.C17H24P.2ClH.Hf/c1-3-11-19(12-4-1)22(20-13-5-2-6-14-20)21-15-17-9-7-8-10-18(17)16-21;1-16(2,3)18(17(4,5)6)15-11-13-9-7-8-10-14(13)12-15;;;/h7-10,15-16,19-20H,1-6,11-14H2;7-12H,1-6H3;2*1H;/q2*-1;;;+4/p-2. The molecule has 6 rings (SSSR count). The molecule has 0 aliphatic heterocycles. The Morgan fingerprint density at radius 3 is 1.33 bits per heavy atom. The van der Waals surface area contributed by atoms with Crippen molar-refractivity contribution in [2.45, 2.75) is 127 Å². The van der Waals surface area contributed by atoms with Gasteiger partial charge in [-0.2, -0.15) is 12.1 Å². The molecule has 2 aliphatic rings. The Kier molecular flexibility index (Phi) is 15.7. The van der Waals surface area contributed by atoms with Crippen molar-refractivity contribution in [2.24, 2.45) is 0 Å². The van der Waals surface area contributed by atoms with Crippen LogP contribution in [0.3, 0.4) is 0 Å². The molecule has 5 heteroatoms. The van der Waals surface area contributed by atoms with Crippen LogP contribution in [-0.2, 0) is 25.8 Å². The predicted octanol–water partition coefficient (Wildman–Crippen LogP) is 5.60. The van der Waals surface area contributed by atoms with Crippen molar-refractivity contribution in [1.29, 1.82) is 0 Å². The molecule has 0 radical (unpaired) electrons. The first-order valence-corrected chi connectivity index (χ1v) is 18.8. The third kappa shape index (κ3) is 9.98. The van der Waals surface area contributed by atoms with Gasteiger partial charge in [-0.1, -0.05) is 108 Å². The maximum absolute atomic E-state index is 2.55. The van der Waals surface area contributed by atoms with Crippen LogP contribution < -0.4 is 35.4 Å². The van der Waals surface area contributed by atoms with Crippen LogP contribution in [-0.4, -0.2) is 21.6 Å². The van der Waals surface area contributed by atoms with Crippen molar-refractivity contribution < 1.29 is 50.7 Å². The summed E-state index contributed by atoms with van der Waals surface area (Å²) in [5, 5.41) is 9.67. The summed E-state index contributed by atoms with van der Waals surface area (Å²) in [6, 6.07) is 27.6. The average Bonchev–Trinajstić information content (AvgIpc) is 3.52. The summed E-state index contributed by atoms with van der Waals surface area (Å²) < 4.78 is 0. The molecule has 43 heavy (non-hydrogen) atoms. The van der Waals surface area contributed by atoms with Crippen molar-refractivity contribution >= 4 is 48.0 Å². The Labute approximate surface area is 296 Å². The van der Waals surface area contributed by atoms with Crippen LogP contribution in [0.2, 0.25) is 0 Å². The van der Waals surface area contributed by atoms with Crippen LogP contribution in [0.25, 0.3) is 21.5 Å². The normalized spacial score (nSPS) is 16.7. The van der Waals surface area contributed by atoms with Crippen molar-refractivity contribution in [3.05, 3.63) is 72.8 Å². The van der Waals surface area contributed by atoms with E-state index in [0.717, 1.165) is 11.3 Å². The fourth-order valence-electron chi connectivity index (χ4n) is 7.77. The molecular formula is C38H52Cl2HfP2. The van der Waals surface area contributed by atoms with E-state index in [0.29, 0.717) is 10.3 Å². The number of benzene rings is 2. The summed E-state index contributed by atoms with van der Waals surface area (Å²) in [7, 11) is -0.124. The minimum Gasteiger partial charge on any atom is -1.00 e. The predicted molar refractivity (Wildman–Crippen MR) is 185 cm³/mol. The summed E-state index contributed by atoms with van der Waals surface area (Å²) in [6.07, 6.45) is 14.9. The van der Waals surface area contributed by atoms with Gasteiger partial charge < -0.3 is 24.8 Å². The van der Waals surface area contributed by atoms with Crippen molar-refractivity contribution in [1.82, 2.24) is 0 Å². The Morgan fingerprint density at radius 2 is 0.930 bits per heavy atom. The molecule has 2 saturated carbocycles. The largest absolute Gasteiger partial charge is 4.00 e. The third-order valence-electron chi connectivity index (χ3n) is 9.04. The molecule has 2 fully saturated rings. The molecular weight excluding hydrogens is 768 g/mol. The maximum Gasteiger partial charge on any atom is 4.00 e. The molecule has 0 N–H and O–H groups in total. The van der Waals surface area contributed by atoms with E-state index >= 15 is 0 Å². The van der Waals surface area contributed by atoms with Crippen LogP contribution in [0.15, 0.2) is 72.8 Å². The number of halogens is 2. The maximum atomic E-state index is 2.55. The first-order valence-electron chi connectivity index (χ1n) is 16.0. The number of hydrogen-bond acceptors (Lipinski definition) is 0. The molecule has 0 bridgehead atoms.